The van der Waals surface area contributed by atoms with Crippen LogP contribution in [-0.4, -0.2) is 39.7 Å². The van der Waals surface area contributed by atoms with Gasteiger partial charge < -0.3 is 10.5 Å². The second-order valence-electron chi connectivity index (χ2n) is 3.76. The van der Waals surface area contributed by atoms with Crippen LogP contribution in [0, 0.1) is 5.92 Å². The second-order valence-corrected chi connectivity index (χ2v) is 6.07. The molecule has 0 aliphatic carbocycles. The molecular weight excluding hydrogens is 202 g/mol. The maximum Gasteiger partial charge on any atom is 0.152 e. The third-order valence-corrected chi connectivity index (χ3v) is 3.35. The molecule has 0 rings (SSSR count). The maximum atomic E-state index is 11.3. The van der Waals surface area contributed by atoms with Gasteiger partial charge in [0.25, 0.3) is 0 Å². The molecule has 0 radical (unpaired) electrons. The van der Waals surface area contributed by atoms with E-state index in [9.17, 15) is 8.42 Å². The number of hydrogen-bond donors (Lipinski definition) is 1. The summed E-state index contributed by atoms with van der Waals surface area (Å²) >= 11 is 0. The Balaban J connectivity index is 3.56. The number of nitrogens with two attached hydrogens (primary N) is 1. The Morgan fingerprint density at radius 3 is 2.43 bits per heavy atom. The first-order valence-corrected chi connectivity index (χ1v) is 6.78. The largest absolute Gasteiger partial charge is 0.380 e. The van der Waals surface area contributed by atoms with Gasteiger partial charge in [-0.05, 0) is 18.9 Å². The molecular formula is C9H21NO3S. The molecule has 4 nitrogen and oxygen atoms in total. The van der Waals surface area contributed by atoms with Crippen LogP contribution in [0.1, 0.15) is 20.3 Å². The summed E-state index contributed by atoms with van der Waals surface area (Å²) in [6.07, 6.45) is 0.534. The third-order valence-electron chi connectivity index (χ3n) is 1.65. The molecule has 0 unspecified atom stereocenters. The van der Waals surface area contributed by atoms with Crippen molar-refractivity contribution >= 4 is 9.84 Å². The van der Waals surface area contributed by atoms with Crippen molar-refractivity contribution in [1.29, 1.82) is 0 Å². The van der Waals surface area contributed by atoms with Gasteiger partial charge in [0, 0.05) is 6.61 Å². The van der Waals surface area contributed by atoms with E-state index in [0.29, 0.717) is 32.1 Å². The molecule has 0 bridgehead atoms. The van der Waals surface area contributed by atoms with E-state index < -0.39 is 9.84 Å². The van der Waals surface area contributed by atoms with Crippen LogP contribution in [0.5, 0.6) is 0 Å². The van der Waals surface area contributed by atoms with Crippen molar-refractivity contribution in [1.82, 2.24) is 0 Å². The lowest BCUT2D eigenvalue weighted by atomic mass is 10.2. The highest BCUT2D eigenvalue weighted by atomic mass is 32.2. The average molecular weight is 223 g/mol. The summed E-state index contributed by atoms with van der Waals surface area (Å²) in [5.41, 5.74) is 5.23. The molecule has 0 amide bonds. The van der Waals surface area contributed by atoms with Crippen LogP contribution in [0.3, 0.4) is 0 Å². The zero-order valence-electron chi connectivity index (χ0n) is 9.03. The molecule has 0 atom stereocenters. The normalized spacial score (nSPS) is 12.3. The third kappa shape index (κ3) is 8.47. The Labute approximate surface area is 86.7 Å². The topological polar surface area (TPSA) is 69.4 Å². The lowest BCUT2D eigenvalue weighted by Gasteiger charge is -2.07. The predicted octanol–water partition coefficient (Wildman–Crippen LogP) is 0.423. The maximum absolute atomic E-state index is 11.3. The van der Waals surface area contributed by atoms with Crippen molar-refractivity contribution in [2.24, 2.45) is 11.7 Å². The smallest absolute Gasteiger partial charge is 0.152 e. The van der Waals surface area contributed by atoms with Gasteiger partial charge in [-0.15, -0.1) is 0 Å². The lowest BCUT2D eigenvalue weighted by Crippen LogP contribution is -2.18. The Hall–Kier alpha value is -0.130. The van der Waals surface area contributed by atoms with E-state index in [-0.39, 0.29) is 11.5 Å². The minimum atomic E-state index is -2.95. The molecule has 0 saturated heterocycles. The molecule has 0 heterocycles. The minimum absolute atomic E-state index is 0.111. The van der Waals surface area contributed by atoms with Gasteiger partial charge in [-0.25, -0.2) is 8.42 Å². The predicted molar refractivity (Wildman–Crippen MR) is 58.0 cm³/mol. The summed E-state index contributed by atoms with van der Waals surface area (Å²) in [5.74, 6) is 0.732. The average Bonchev–Trinajstić information content (AvgIpc) is 2.09. The van der Waals surface area contributed by atoms with Crippen LogP contribution in [0.15, 0.2) is 0 Å². The first-order valence-electron chi connectivity index (χ1n) is 4.96. The highest BCUT2D eigenvalue weighted by Crippen LogP contribution is 1.96. The first kappa shape index (κ1) is 13.9. The fraction of sp³-hybridized carbons (Fsp3) is 1.00. The molecule has 0 fully saturated rings. The molecule has 5 heteroatoms. The van der Waals surface area contributed by atoms with E-state index in [1.54, 1.807) is 0 Å². The summed E-state index contributed by atoms with van der Waals surface area (Å²) in [6, 6.07) is 0. The fourth-order valence-corrected chi connectivity index (χ4v) is 2.09. The zero-order valence-corrected chi connectivity index (χ0v) is 9.85. The number of rotatable bonds is 8. The molecule has 0 aromatic carbocycles. The standard InChI is InChI=1S/C9H21NO3S/c1-9(2)8-13-5-7-14(11,12)6-3-4-10/h9H,3-8,10H2,1-2H3. The molecule has 0 aliphatic heterocycles. The van der Waals surface area contributed by atoms with E-state index in [1.807, 2.05) is 13.8 Å². The van der Waals surface area contributed by atoms with Gasteiger partial charge in [-0.2, -0.15) is 0 Å². The van der Waals surface area contributed by atoms with Crippen molar-refractivity contribution < 1.29 is 13.2 Å². The number of hydrogen-bond acceptors (Lipinski definition) is 4. The monoisotopic (exact) mass is 223 g/mol. The quantitative estimate of drug-likeness (QED) is 0.606. The van der Waals surface area contributed by atoms with Crippen molar-refractivity contribution in [3.63, 3.8) is 0 Å². The van der Waals surface area contributed by atoms with Gasteiger partial charge in [0.2, 0.25) is 0 Å². The fourth-order valence-electron chi connectivity index (χ4n) is 0.910. The van der Waals surface area contributed by atoms with Crippen LogP contribution >= 0.6 is 0 Å². The summed E-state index contributed by atoms with van der Waals surface area (Å²) in [5, 5.41) is 0. The van der Waals surface area contributed by atoms with Gasteiger partial charge in [-0.1, -0.05) is 13.8 Å². The molecule has 86 valence electrons. The number of sulfone groups is 1. The SMILES string of the molecule is CC(C)COCCS(=O)(=O)CCCN. The van der Waals surface area contributed by atoms with Gasteiger partial charge in [0.15, 0.2) is 9.84 Å². The summed E-state index contributed by atoms with van der Waals surface area (Å²) in [6.45, 7) is 5.40. The highest BCUT2D eigenvalue weighted by Gasteiger charge is 2.09. The highest BCUT2D eigenvalue weighted by molar-refractivity contribution is 7.91. The van der Waals surface area contributed by atoms with Crippen LogP contribution in [0.25, 0.3) is 0 Å². The van der Waals surface area contributed by atoms with E-state index in [4.69, 9.17) is 10.5 Å². The van der Waals surface area contributed by atoms with E-state index in [0.717, 1.165) is 0 Å². The molecule has 2 N–H and O–H groups in total. The molecule has 0 aromatic rings. The van der Waals surface area contributed by atoms with Crippen molar-refractivity contribution in [2.45, 2.75) is 20.3 Å². The van der Waals surface area contributed by atoms with E-state index >= 15 is 0 Å². The molecule has 14 heavy (non-hydrogen) atoms. The molecule has 0 saturated carbocycles. The molecule has 0 aliphatic rings. The van der Waals surface area contributed by atoms with Crippen LogP contribution in [0.4, 0.5) is 0 Å². The van der Waals surface area contributed by atoms with Crippen molar-refractivity contribution in [2.75, 3.05) is 31.3 Å². The Morgan fingerprint density at radius 1 is 1.29 bits per heavy atom. The number of ether oxygens (including phenoxy) is 1. The minimum Gasteiger partial charge on any atom is -0.380 e. The summed E-state index contributed by atoms with van der Waals surface area (Å²) in [4.78, 5) is 0. The van der Waals surface area contributed by atoms with Crippen molar-refractivity contribution in [3.8, 4) is 0 Å². The summed E-state index contributed by atoms with van der Waals surface area (Å²) < 4.78 is 27.8. The lowest BCUT2D eigenvalue weighted by molar-refractivity contribution is 0.123. The Morgan fingerprint density at radius 2 is 1.93 bits per heavy atom. The van der Waals surface area contributed by atoms with E-state index in [2.05, 4.69) is 0 Å². The van der Waals surface area contributed by atoms with Crippen LogP contribution in [0.2, 0.25) is 0 Å². The Kier molecular flexibility index (Phi) is 7.13. The molecule has 0 aromatic heterocycles. The Bertz CT molecular complexity index is 224. The molecule has 0 spiro atoms. The second kappa shape index (κ2) is 7.20. The summed E-state index contributed by atoms with van der Waals surface area (Å²) in [7, 11) is -2.95. The van der Waals surface area contributed by atoms with Crippen molar-refractivity contribution in [3.05, 3.63) is 0 Å². The van der Waals surface area contributed by atoms with Gasteiger partial charge in [-0.3, -0.25) is 0 Å². The zero-order chi connectivity index (χ0) is 11.0. The van der Waals surface area contributed by atoms with Crippen LogP contribution in [-0.2, 0) is 14.6 Å². The van der Waals surface area contributed by atoms with Crippen LogP contribution < -0.4 is 5.73 Å². The van der Waals surface area contributed by atoms with Gasteiger partial charge in [0.05, 0.1) is 18.1 Å². The first-order chi connectivity index (χ1) is 6.48. The van der Waals surface area contributed by atoms with E-state index in [1.165, 1.54) is 0 Å². The van der Waals surface area contributed by atoms with Gasteiger partial charge >= 0.3 is 0 Å². The van der Waals surface area contributed by atoms with Gasteiger partial charge in [0.1, 0.15) is 0 Å².